The van der Waals surface area contributed by atoms with Crippen LogP contribution < -0.4 is 25.6 Å². The molecule has 1 amide bonds. The maximum Gasteiger partial charge on any atom is 0.226 e. The van der Waals surface area contributed by atoms with Crippen molar-refractivity contribution in [1.29, 1.82) is 0 Å². The zero-order valence-electron chi connectivity index (χ0n) is 15.4. The van der Waals surface area contributed by atoms with Gasteiger partial charge in [0.15, 0.2) is 11.5 Å². The predicted molar refractivity (Wildman–Crippen MR) is 105 cm³/mol. The van der Waals surface area contributed by atoms with E-state index in [1.807, 2.05) is 49.4 Å². The van der Waals surface area contributed by atoms with E-state index in [9.17, 15) is 4.79 Å². The first-order chi connectivity index (χ1) is 13.1. The standard InChI is InChI=1S/C20H24ClN3O3/c1-3-27-18-10-13(4-9-17(18)26-2)11-22-20(25)16-12-23-24-19(16)14-5-7-15(21)8-6-14/h4-10,16,19,23-24H,3,11-12H2,1-2H3,(H,22,25). The Labute approximate surface area is 164 Å². The van der Waals surface area contributed by atoms with E-state index < -0.39 is 0 Å². The highest BCUT2D eigenvalue weighted by molar-refractivity contribution is 6.30. The van der Waals surface area contributed by atoms with Crippen molar-refractivity contribution in [1.82, 2.24) is 16.2 Å². The van der Waals surface area contributed by atoms with Crippen LogP contribution in [-0.4, -0.2) is 26.2 Å². The number of carbonyl (C=O) groups excluding carboxylic acids is 1. The summed E-state index contributed by atoms with van der Waals surface area (Å²) < 4.78 is 10.9. The number of ether oxygens (including phenoxy) is 2. The number of hydrogen-bond acceptors (Lipinski definition) is 5. The van der Waals surface area contributed by atoms with Crippen LogP contribution in [-0.2, 0) is 11.3 Å². The average molecular weight is 390 g/mol. The first-order valence-corrected chi connectivity index (χ1v) is 9.31. The smallest absolute Gasteiger partial charge is 0.226 e. The summed E-state index contributed by atoms with van der Waals surface area (Å²) >= 11 is 5.96. The van der Waals surface area contributed by atoms with Crippen molar-refractivity contribution in [3.05, 3.63) is 58.6 Å². The number of rotatable bonds is 7. The lowest BCUT2D eigenvalue weighted by Gasteiger charge is -2.19. The Morgan fingerprint density at radius 1 is 1.22 bits per heavy atom. The van der Waals surface area contributed by atoms with E-state index in [0.717, 1.165) is 11.1 Å². The number of hydrazine groups is 1. The topological polar surface area (TPSA) is 71.6 Å². The van der Waals surface area contributed by atoms with Gasteiger partial charge < -0.3 is 14.8 Å². The van der Waals surface area contributed by atoms with Crippen LogP contribution in [0, 0.1) is 5.92 Å². The number of hydrogen-bond donors (Lipinski definition) is 3. The summed E-state index contributed by atoms with van der Waals surface area (Å²) in [5, 5.41) is 3.69. The van der Waals surface area contributed by atoms with Gasteiger partial charge in [-0.3, -0.25) is 10.2 Å². The van der Waals surface area contributed by atoms with Gasteiger partial charge in [-0.15, -0.1) is 0 Å². The maximum absolute atomic E-state index is 12.7. The lowest BCUT2D eigenvalue weighted by Crippen LogP contribution is -2.34. The molecule has 6 nitrogen and oxygen atoms in total. The fourth-order valence-corrected chi connectivity index (χ4v) is 3.27. The van der Waals surface area contributed by atoms with Crippen LogP contribution in [0.15, 0.2) is 42.5 Å². The molecular formula is C20H24ClN3O3. The number of amides is 1. The highest BCUT2D eigenvalue weighted by Gasteiger charge is 2.33. The summed E-state index contributed by atoms with van der Waals surface area (Å²) in [7, 11) is 1.61. The second-order valence-electron chi connectivity index (χ2n) is 6.30. The highest BCUT2D eigenvalue weighted by atomic mass is 35.5. The van der Waals surface area contributed by atoms with Gasteiger partial charge in [-0.1, -0.05) is 29.8 Å². The zero-order valence-corrected chi connectivity index (χ0v) is 16.2. The quantitative estimate of drug-likeness (QED) is 0.679. The lowest BCUT2D eigenvalue weighted by atomic mass is 9.94. The van der Waals surface area contributed by atoms with Gasteiger partial charge in [0.2, 0.25) is 5.91 Å². The summed E-state index contributed by atoms with van der Waals surface area (Å²) in [6, 6.07) is 13.1. The minimum atomic E-state index is -0.212. The molecule has 1 fully saturated rings. The molecule has 27 heavy (non-hydrogen) atoms. The van der Waals surface area contributed by atoms with Crippen LogP contribution in [0.5, 0.6) is 11.5 Å². The van der Waals surface area contributed by atoms with Crippen molar-refractivity contribution >= 4 is 17.5 Å². The van der Waals surface area contributed by atoms with Crippen LogP contribution in [0.25, 0.3) is 0 Å². The van der Waals surface area contributed by atoms with Gasteiger partial charge in [-0.25, -0.2) is 5.43 Å². The summed E-state index contributed by atoms with van der Waals surface area (Å²) in [5.74, 6) is 1.13. The molecule has 0 aromatic heterocycles. The molecule has 3 rings (SSSR count). The van der Waals surface area contributed by atoms with Crippen molar-refractivity contribution < 1.29 is 14.3 Å². The van der Waals surface area contributed by atoms with E-state index in [-0.39, 0.29) is 17.9 Å². The van der Waals surface area contributed by atoms with E-state index in [0.29, 0.717) is 36.2 Å². The van der Waals surface area contributed by atoms with E-state index >= 15 is 0 Å². The molecule has 2 aromatic rings. The van der Waals surface area contributed by atoms with Crippen LogP contribution in [0.4, 0.5) is 0 Å². The third-order valence-electron chi connectivity index (χ3n) is 4.54. The van der Waals surface area contributed by atoms with E-state index in [1.54, 1.807) is 7.11 Å². The molecule has 1 saturated heterocycles. The van der Waals surface area contributed by atoms with Gasteiger partial charge in [-0.05, 0) is 42.3 Å². The Balaban J connectivity index is 1.64. The first kappa shape index (κ1) is 19.5. The molecule has 0 radical (unpaired) electrons. The fourth-order valence-electron chi connectivity index (χ4n) is 3.15. The van der Waals surface area contributed by atoms with Gasteiger partial charge in [0.25, 0.3) is 0 Å². The lowest BCUT2D eigenvalue weighted by molar-refractivity contribution is -0.125. The highest BCUT2D eigenvalue weighted by Crippen LogP contribution is 2.29. The molecule has 0 spiro atoms. The minimum absolute atomic E-state index is 0.0128. The summed E-state index contributed by atoms with van der Waals surface area (Å²) in [6.45, 7) is 3.46. The molecule has 1 aliphatic heterocycles. The molecule has 1 heterocycles. The molecular weight excluding hydrogens is 366 g/mol. The molecule has 1 aliphatic rings. The Morgan fingerprint density at radius 3 is 2.70 bits per heavy atom. The molecule has 2 aromatic carbocycles. The minimum Gasteiger partial charge on any atom is -0.493 e. The normalized spacial score (nSPS) is 18.9. The van der Waals surface area contributed by atoms with Gasteiger partial charge in [-0.2, -0.15) is 0 Å². The number of methoxy groups -OCH3 is 1. The third kappa shape index (κ3) is 4.71. The van der Waals surface area contributed by atoms with E-state index in [2.05, 4.69) is 16.2 Å². The summed E-state index contributed by atoms with van der Waals surface area (Å²) in [4.78, 5) is 12.7. The van der Waals surface area contributed by atoms with Crippen molar-refractivity contribution in [2.75, 3.05) is 20.3 Å². The Morgan fingerprint density at radius 2 is 2.00 bits per heavy atom. The molecule has 3 N–H and O–H groups in total. The van der Waals surface area contributed by atoms with Crippen LogP contribution in [0.3, 0.4) is 0 Å². The molecule has 144 valence electrons. The molecule has 0 saturated carbocycles. The zero-order chi connectivity index (χ0) is 19.2. The van der Waals surface area contributed by atoms with Crippen LogP contribution in [0.2, 0.25) is 5.02 Å². The summed E-state index contributed by atoms with van der Waals surface area (Å²) in [5.41, 5.74) is 8.22. The Hall–Kier alpha value is -2.28. The van der Waals surface area contributed by atoms with Gasteiger partial charge in [0.05, 0.1) is 25.7 Å². The monoisotopic (exact) mass is 389 g/mol. The SMILES string of the molecule is CCOc1cc(CNC(=O)C2CNNC2c2ccc(Cl)cc2)ccc1OC. The van der Waals surface area contributed by atoms with Crippen LogP contribution >= 0.6 is 11.6 Å². The first-order valence-electron chi connectivity index (χ1n) is 8.93. The Kier molecular flexibility index (Phi) is 6.55. The van der Waals surface area contributed by atoms with Crippen molar-refractivity contribution in [3.8, 4) is 11.5 Å². The van der Waals surface area contributed by atoms with Crippen LogP contribution in [0.1, 0.15) is 24.1 Å². The molecule has 0 aliphatic carbocycles. The van der Waals surface area contributed by atoms with Crippen molar-refractivity contribution in [2.24, 2.45) is 5.92 Å². The third-order valence-corrected chi connectivity index (χ3v) is 4.79. The van der Waals surface area contributed by atoms with E-state index in [4.69, 9.17) is 21.1 Å². The van der Waals surface area contributed by atoms with Crippen molar-refractivity contribution in [2.45, 2.75) is 19.5 Å². The second kappa shape index (κ2) is 9.08. The van der Waals surface area contributed by atoms with Gasteiger partial charge in [0, 0.05) is 18.1 Å². The van der Waals surface area contributed by atoms with E-state index in [1.165, 1.54) is 0 Å². The number of benzene rings is 2. The summed E-state index contributed by atoms with van der Waals surface area (Å²) in [6.07, 6.45) is 0. The maximum atomic E-state index is 12.7. The Bertz CT molecular complexity index is 783. The largest absolute Gasteiger partial charge is 0.493 e. The van der Waals surface area contributed by atoms with Crippen molar-refractivity contribution in [3.63, 3.8) is 0 Å². The fraction of sp³-hybridized carbons (Fsp3) is 0.350. The number of carbonyl (C=O) groups is 1. The second-order valence-corrected chi connectivity index (χ2v) is 6.73. The molecule has 2 atom stereocenters. The average Bonchev–Trinajstić information content (AvgIpc) is 3.17. The van der Waals surface area contributed by atoms with Gasteiger partial charge in [0.1, 0.15) is 0 Å². The molecule has 0 bridgehead atoms. The molecule has 2 unspecified atom stereocenters. The van der Waals surface area contributed by atoms with Gasteiger partial charge >= 0.3 is 0 Å². The number of halogens is 1. The number of nitrogens with one attached hydrogen (secondary N) is 3. The molecule has 7 heteroatoms. The predicted octanol–water partition coefficient (Wildman–Crippen LogP) is 2.83.